The molecule has 182 valence electrons. The number of hydrogen-bond donors (Lipinski definition) is 1. The van der Waals surface area contributed by atoms with E-state index in [0.717, 1.165) is 5.56 Å². The highest BCUT2D eigenvalue weighted by atomic mass is 35.5. The second kappa shape index (κ2) is 10.0. The van der Waals surface area contributed by atoms with Crippen LogP contribution in [-0.2, 0) is 10.0 Å². The first-order valence-electron chi connectivity index (χ1n) is 10.8. The number of para-hydroxylation sites is 1. The van der Waals surface area contributed by atoms with Gasteiger partial charge in [-0.2, -0.15) is 4.31 Å². The fourth-order valence-corrected chi connectivity index (χ4v) is 5.59. The maximum absolute atomic E-state index is 13.0. The van der Waals surface area contributed by atoms with Crippen molar-refractivity contribution in [3.05, 3.63) is 93.0 Å². The fourth-order valence-electron chi connectivity index (χ4n) is 3.88. The molecule has 0 radical (unpaired) electrons. The van der Waals surface area contributed by atoms with Crippen LogP contribution in [0.4, 0.5) is 17.1 Å². The van der Waals surface area contributed by atoms with E-state index in [9.17, 15) is 23.3 Å². The number of sulfonamides is 1. The van der Waals surface area contributed by atoms with E-state index in [1.807, 2.05) is 11.8 Å². The molecule has 1 heterocycles. The number of carbonyl (C=O) groups excluding carboxylic acids is 1. The number of nitrogens with one attached hydrogen (secondary N) is 1. The van der Waals surface area contributed by atoms with Crippen molar-refractivity contribution in [1.29, 1.82) is 0 Å². The fraction of sp³-hybridized carbons (Fsp3) is 0.208. The predicted octanol–water partition coefficient (Wildman–Crippen LogP) is 4.32. The van der Waals surface area contributed by atoms with Crippen molar-refractivity contribution < 1.29 is 18.1 Å². The molecule has 3 aromatic carbocycles. The van der Waals surface area contributed by atoms with Crippen molar-refractivity contribution in [2.24, 2.45) is 0 Å². The summed E-state index contributed by atoms with van der Waals surface area (Å²) in [5.74, 6) is -0.441. The average Bonchev–Trinajstić information content (AvgIpc) is 2.84. The predicted molar refractivity (Wildman–Crippen MR) is 135 cm³/mol. The first kappa shape index (κ1) is 24.6. The summed E-state index contributed by atoms with van der Waals surface area (Å²) in [7, 11) is -3.61. The molecular weight excluding hydrogens is 492 g/mol. The van der Waals surface area contributed by atoms with Gasteiger partial charge in [0.15, 0.2) is 0 Å². The lowest BCUT2D eigenvalue weighted by atomic mass is 10.1. The number of nitrogens with zero attached hydrogens (tertiary/aromatic N) is 3. The third kappa shape index (κ3) is 5.29. The summed E-state index contributed by atoms with van der Waals surface area (Å²) in [5.41, 5.74) is 2.20. The maximum Gasteiger partial charge on any atom is 0.269 e. The summed E-state index contributed by atoms with van der Waals surface area (Å²) in [4.78, 5) is 25.3. The zero-order valence-corrected chi connectivity index (χ0v) is 20.4. The van der Waals surface area contributed by atoms with Gasteiger partial charge < -0.3 is 10.2 Å². The maximum atomic E-state index is 13.0. The third-order valence-electron chi connectivity index (χ3n) is 5.79. The van der Waals surface area contributed by atoms with Gasteiger partial charge in [-0.3, -0.25) is 14.9 Å². The first-order valence-corrected chi connectivity index (χ1v) is 12.6. The van der Waals surface area contributed by atoms with Crippen molar-refractivity contribution in [2.45, 2.75) is 11.8 Å². The largest absolute Gasteiger partial charge is 0.366 e. The normalized spacial score (nSPS) is 14.5. The first-order chi connectivity index (χ1) is 16.7. The van der Waals surface area contributed by atoms with E-state index in [4.69, 9.17) is 11.6 Å². The molecule has 9 nitrogen and oxygen atoms in total. The van der Waals surface area contributed by atoms with Crippen LogP contribution in [0, 0.1) is 17.0 Å². The summed E-state index contributed by atoms with van der Waals surface area (Å²) in [6, 6.07) is 17.2. The number of anilines is 2. The van der Waals surface area contributed by atoms with Gasteiger partial charge in [-0.25, -0.2) is 8.42 Å². The van der Waals surface area contributed by atoms with Crippen molar-refractivity contribution in [2.75, 3.05) is 36.4 Å². The number of piperazine rings is 1. The molecule has 1 N–H and O–H groups in total. The quantitative estimate of drug-likeness (QED) is 0.387. The highest BCUT2D eigenvalue weighted by molar-refractivity contribution is 7.89. The van der Waals surface area contributed by atoms with Gasteiger partial charge in [-0.05, 0) is 43.3 Å². The Labute approximate surface area is 208 Å². The highest BCUT2D eigenvalue weighted by Crippen LogP contribution is 2.35. The van der Waals surface area contributed by atoms with Crippen LogP contribution >= 0.6 is 11.6 Å². The zero-order valence-electron chi connectivity index (χ0n) is 18.8. The molecule has 0 atom stereocenters. The van der Waals surface area contributed by atoms with Crippen LogP contribution in [-0.4, -0.2) is 49.7 Å². The molecule has 0 bridgehead atoms. The van der Waals surface area contributed by atoms with Gasteiger partial charge in [0.05, 0.1) is 26.2 Å². The SMILES string of the molecule is Cc1ccc(S(=O)(=O)N2CCN(c3c(Cl)cccc3NC(=O)c3ccc([N+](=O)[O-])cc3)CC2)cc1. The molecule has 1 fully saturated rings. The van der Waals surface area contributed by atoms with Gasteiger partial charge in [0.1, 0.15) is 0 Å². The van der Waals surface area contributed by atoms with Gasteiger partial charge in [0.2, 0.25) is 10.0 Å². The van der Waals surface area contributed by atoms with Crippen LogP contribution in [0.1, 0.15) is 15.9 Å². The number of nitro groups is 1. The van der Waals surface area contributed by atoms with Crippen LogP contribution in [0.3, 0.4) is 0 Å². The monoisotopic (exact) mass is 514 g/mol. The number of rotatable bonds is 6. The summed E-state index contributed by atoms with van der Waals surface area (Å²) >= 11 is 6.49. The molecule has 0 spiro atoms. The second-order valence-electron chi connectivity index (χ2n) is 8.10. The number of carbonyl (C=O) groups is 1. The van der Waals surface area contributed by atoms with E-state index >= 15 is 0 Å². The number of hydrogen-bond acceptors (Lipinski definition) is 6. The Morgan fingerprint density at radius 1 is 0.971 bits per heavy atom. The molecule has 1 aliphatic rings. The van der Waals surface area contributed by atoms with Gasteiger partial charge in [0, 0.05) is 43.9 Å². The Morgan fingerprint density at radius 2 is 1.60 bits per heavy atom. The Bertz CT molecular complexity index is 1350. The molecule has 4 rings (SSSR count). The molecule has 35 heavy (non-hydrogen) atoms. The molecular formula is C24H23ClN4O5S. The minimum absolute atomic E-state index is 0.108. The van der Waals surface area contributed by atoms with Crippen LogP contribution in [0.2, 0.25) is 5.02 Å². The van der Waals surface area contributed by atoms with Crippen LogP contribution in [0.5, 0.6) is 0 Å². The number of halogens is 1. The molecule has 1 amide bonds. The zero-order chi connectivity index (χ0) is 25.2. The summed E-state index contributed by atoms with van der Waals surface area (Å²) in [5, 5.41) is 14.1. The number of benzene rings is 3. The van der Waals surface area contributed by atoms with Crippen molar-refractivity contribution in [1.82, 2.24) is 4.31 Å². The lowest BCUT2D eigenvalue weighted by Gasteiger charge is -2.36. The minimum atomic E-state index is -3.61. The van der Waals surface area contributed by atoms with E-state index in [2.05, 4.69) is 5.32 Å². The van der Waals surface area contributed by atoms with E-state index in [-0.39, 0.29) is 29.2 Å². The van der Waals surface area contributed by atoms with Crippen LogP contribution in [0.15, 0.2) is 71.6 Å². The summed E-state index contributed by atoms with van der Waals surface area (Å²) in [6.45, 7) is 3.19. The Balaban J connectivity index is 1.50. The van der Waals surface area contributed by atoms with Crippen molar-refractivity contribution in [3.63, 3.8) is 0 Å². The molecule has 0 aliphatic carbocycles. The Morgan fingerprint density at radius 3 is 2.20 bits per heavy atom. The van der Waals surface area contributed by atoms with Crippen LogP contribution in [0.25, 0.3) is 0 Å². The Hall–Kier alpha value is -3.47. The Kier molecular flexibility index (Phi) is 7.06. The standard InChI is InChI=1S/C24H23ClN4O5S/c1-17-5-11-20(12-6-17)35(33,34)28-15-13-27(14-16-28)23-21(25)3-2-4-22(23)26-24(30)18-7-9-19(10-8-18)29(31)32/h2-12H,13-16H2,1H3,(H,26,30). The van der Waals surface area contributed by atoms with E-state index in [0.29, 0.717) is 29.5 Å². The highest BCUT2D eigenvalue weighted by Gasteiger charge is 2.30. The molecule has 1 aliphatic heterocycles. The number of aryl methyl sites for hydroxylation is 1. The minimum Gasteiger partial charge on any atom is -0.366 e. The summed E-state index contributed by atoms with van der Waals surface area (Å²) in [6.07, 6.45) is 0. The van der Waals surface area contributed by atoms with Gasteiger partial charge in [-0.15, -0.1) is 0 Å². The summed E-state index contributed by atoms with van der Waals surface area (Å²) < 4.78 is 27.5. The molecule has 1 saturated heterocycles. The lowest BCUT2D eigenvalue weighted by Crippen LogP contribution is -2.49. The number of non-ortho nitro benzene ring substituents is 1. The van der Waals surface area contributed by atoms with E-state index < -0.39 is 20.9 Å². The van der Waals surface area contributed by atoms with Gasteiger partial charge in [0.25, 0.3) is 11.6 Å². The van der Waals surface area contributed by atoms with Crippen molar-refractivity contribution >= 4 is 44.6 Å². The van der Waals surface area contributed by atoms with E-state index in [1.165, 1.54) is 28.6 Å². The topological polar surface area (TPSA) is 113 Å². The van der Waals surface area contributed by atoms with Gasteiger partial charge >= 0.3 is 0 Å². The average molecular weight is 515 g/mol. The molecule has 0 aromatic heterocycles. The second-order valence-corrected chi connectivity index (χ2v) is 10.4. The number of amides is 1. The molecule has 3 aromatic rings. The molecule has 0 saturated carbocycles. The van der Waals surface area contributed by atoms with Crippen LogP contribution < -0.4 is 10.2 Å². The smallest absolute Gasteiger partial charge is 0.269 e. The third-order valence-corrected chi connectivity index (χ3v) is 8.01. The van der Waals surface area contributed by atoms with Crippen molar-refractivity contribution in [3.8, 4) is 0 Å². The van der Waals surface area contributed by atoms with Gasteiger partial charge in [-0.1, -0.05) is 35.4 Å². The van der Waals surface area contributed by atoms with E-state index in [1.54, 1.807) is 42.5 Å². The molecule has 0 unspecified atom stereocenters. The number of nitro benzene ring substituents is 1. The lowest BCUT2D eigenvalue weighted by molar-refractivity contribution is -0.384. The molecule has 11 heteroatoms.